The van der Waals surface area contributed by atoms with Crippen LogP contribution in [0, 0.1) is 0 Å². The van der Waals surface area contributed by atoms with Crippen molar-refractivity contribution in [2.45, 2.75) is 38.8 Å². The first-order chi connectivity index (χ1) is 5.87. The molecule has 0 spiro atoms. The van der Waals surface area contributed by atoms with Gasteiger partial charge in [-0.15, -0.1) is 6.58 Å². The number of aliphatic hydroxyl groups excluding tert-OH is 1. The lowest BCUT2D eigenvalue weighted by atomic mass is 9.98. The maximum absolute atomic E-state index is 10.9. The fourth-order valence-electron chi connectivity index (χ4n) is 1.15. The summed E-state index contributed by atoms with van der Waals surface area (Å²) in [6, 6.07) is 0. The second kappa shape index (κ2) is 5.14. The van der Waals surface area contributed by atoms with E-state index < -0.39 is 6.10 Å². The average Bonchev–Trinajstić information content (AvgIpc) is 1.98. The van der Waals surface area contributed by atoms with Gasteiger partial charge in [0.2, 0.25) is 0 Å². The zero-order valence-electron chi connectivity index (χ0n) is 8.63. The Bertz CT molecular complexity index is 187. The van der Waals surface area contributed by atoms with Crippen LogP contribution in [0.5, 0.6) is 0 Å². The van der Waals surface area contributed by atoms with Gasteiger partial charge in [-0.25, -0.2) is 0 Å². The van der Waals surface area contributed by atoms with E-state index in [1.54, 1.807) is 6.92 Å². The van der Waals surface area contributed by atoms with E-state index in [0.717, 1.165) is 0 Å². The molecule has 0 bridgehead atoms. The number of hydrogen-bond acceptors (Lipinski definition) is 3. The molecule has 13 heavy (non-hydrogen) atoms. The molecule has 0 heterocycles. The number of β-amino-alcohol motifs (C(OH)–C–C–N with tert-alkyl or cyclic N) is 1. The van der Waals surface area contributed by atoms with E-state index in [1.165, 1.54) is 6.08 Å². The normalized spacial score (nSPS) is 13.8. The van der Waals surface area contributed by atoms with Crippen molar-refractivity contribution in [3.05, 3.63) is 12.7 Å². The molecule has 0 rings (SSSR count). The first-order valence-corrected chi connectivity index (χ1v) is 4.42. The molecule has 0 aliphatic heterocycles. The van der Waals surface area contributed by atoms with Crippen LogP contribution in [-0.2, 0) is 4.79 Å². The molecule has 0 radical (unpaired) electrons. The number of hydrogen-bond donors (Lipinski definition) is 2. The first kappa shape index (κ1) is 12.3. The van der Waals surface area contributed by atoms with Crippen molar-refractivity contribution in [1.82, 2.24) is 5.32 Å². The first-order valence-electron chi connectivity index (χ1n) is 4.42. The quantitative estimate of drug-likeness (QED) is 0.604. The van der Waals surface area contributed by atoms with Crippen LogP contribution in [0.4, 0.5) is 0 Å². The Hall–Kier alpha value is -0.670. The molecular weight excluding hydrogens is 166 g/mol. The molecule has 0 aromatic rings. The van der Waals surface area contributed by atoms with Crippen molar-refractivity contribution >= 4 is 5.78 Å². The standard InChI is InChI=1S/C10H19NO2/c1-5-9(13)7-11-10(3,4)6-8(2)12/h5,9,11,13H,1,6-7H2,2-4H3. The van der Waals surface area contributed by atoms with E-state index in [-0.39, 0.29) is 11.3 Å². The number of ketones is 1. The van der Waals surface area contributed by atoms with Crippen molar-refractivity contribution in [2.24, 2.45) is 0 Å². The number of Topliss-reactive ketones (excluding diaryl/α,β-unsaturated/α-hetero) is 1. The molecule has 1 atom stereocenters. The average molecular weight is 185 g/mol. The number of aliphatic hydroxyl groups is 1. The molecule has 1 unspecified atom stereocenters. The molecule has 0 saturated carbocycles. The summed E-state index contributed by atoms with van der Waals surface area (Å²) in [4.78, 5) is 10.9. The van der Waals surface area contributed by atoms with E-state index in [4.69, 9.17) is 0 Å². The van der Waals surface area contributed by atoms with Crippen LogP contribution in [0.3, 0.4) is 0 Å². The van der Waals surface area contributed by atoms with Gasteiger partial charge in [-0.05, 0) is 20.8 Å². The third kappa shape index (κ3) is 6.49. The number of nitrogens with one attached hydrogen (secondary N) is 1. The smallest absolute Gasteiger partial charge is 0.131 e. The van der Waals surface area contributed by atoms with E-state index in [0.29, 0.717) is 13.0 Å². The van der Waals surface area contributed by atoms with Gasteiger partial charge < -0.3 is 10.4 Å². The number of carbonyl (C=O) groups is 1. The van der Waals surface area contributed by atoms with E-state index in [2.05, 4.69) is 11.9 Å². The van der Waals surface area contributed by atoms with Crippen LogP contribution >= 0.6 is 0 Å². The zero-order valence-corrected chi connectivity index (χ0v) is 8.63. The Morgan fingerprint density at radius 2 is 2.23 bits per heavy atom. The summed E-state index contributed by atoms with van der Waals surface area (Å²) >= 11 is 0. The Kier molecular flexibility index (Phi) is 4.88. The molecule has 3 heteroatoms. The van der Waals surface area contributed by atoms with Gasteiger partial charge in [0, 0.05) is 18.5 Å². The topological polar surface area (TPSA) is 49.3 Å². The largest absolute Gasteiger partial charge is 0.388 e. The Morgan fingerprint density at radius 1 is 1.69 bits per heavy atom. The second-order valence-corrected chi connectivity index (χ2v) is 3.95. The highest BCUT2D eigenvalue weighted by Crippen LogP contribution is 2.08. The summed E-state index contributed by atoms with van der Waals surface area (Å²) in [5.41, 5.74) is -0.254. The van der Waals surface area contributed by atoms with Gasteiger partial charge in [0.05, 0.1) is 6.10 Å². The maximum Gasteiger partial charge on any atom is 0.131 e. The highest BCUT2D eigenvalue weighted by molar-refractivity contribution is 5.76. The van der Waals surface area contributed by atoms with Gasteiger partial charge in [-0.2, -0.15) is 0 Å². The van der Waals surface area contributed by atoms with Crippen molar-refractivity contribution in [3.8, 4) is 0 Å². The molecular formula is C10H19NO2. The van der Waals surface area contributed by atoms with E-state index >= 15 is 0 Å². The highest BCUT2D eigenvalue weighted by atomic mass is 16.3. The predicted octanol–water partition coefficient (Wildman–Crippen LogP) is 0.881. The van der Waals surface area contributed by atoms with Crippen LogP contribution in [0.25, 0.3) is 0 Å². The summed E-state index contributed by atoms with van der Waals surface area (Å²) in [6.07, 6.45) is 1.39. The summed E-state index contributed by atoms with van der Waals surface area (Å²) in [5.74, 6) is 0.144. The third-order valence-electron chi connectivity index (χ3n) is 1.75. The van der Waals surface area contributed by atoms with Crippen molar-refractivity contribution in [1.29, 1.82) is 0 Å². The van der Waals surface area contributed by atoms with Crippen LogP contribution < -0.4 is 5.32 Å². The molecule has 0 aliphatic carbocycles. The van der Waals surface area contributed by atoms with Gasteiger partial charge in [-0.1, -0.05) is 6.08 Å². The lowest BCUT2D eigenvalue weighted by Crippen LogP contribution is -2.44. The van der Waals surface area contributed by atoms with Crippen LogP contribution in [0.1, 0.15) is 27.2 Å². The minimum atomic E-state index is -0.550. The third-order valence-corrected chi connectivity index (χ3v) is 1.75. The fourth-order valence-corrected chi connectivity index (χ4v) is 1.15. The molecule has 0 fully saturated rings. The summed E-state index contributed by atoms with van der Waals surface area (Å²) in [5, 5.41) is 12.3. The SMILES string of the molecule is C=CC(O)CNC(C)(C)CC(C)=O. The lowest BCUT2D eigenvalue weighted by molar-refractivity contribution is -0.118. The monoisotopic (exact) mass is 185 g/mol. The summed E-state index contributed by atoms with van der Waals surface area (Å²) in [6.45, 7) is 9.33. The van der Waals surface area contributed by atoms with Gasteiger partial charge in [0.1, 0.15) is 5.78 Å². The lowest BCUT2D eigenvalue weighted by Gasteiger charge is -2.25. The summed E-state index contributed by atoms with van der Waals surface area (Å²) in [7, 11) is 0. The number of carbonyl (C=O) groups excluding carboxylic acids is 1. The van der Waals surface area contributed by atoms with Gasteiger partial charge in [0.15, 0.2) is 0 Å². The molecule has 0 amide bonds. The Balaban J connectivity index is 3.87. The molecule has 0 aliphatic rings. The predicted molar refractivity (Wildman–Crippen MR) is 53.6 cm³/mol. The fraction of sp³-hybridized carbons (Fsp3) is 0.700. The van der Waals surface area contributed by atoms with Crippen LogP contribution in [0.2, 0.25) is 0 Å². The maximum atomic E-state index is 10.9. The summed E-state index contributed by atoms with van der Waals surface area (Å²) < 4.78 is 0. The van der Waals surface area contributed by atoms with E-state index in [1.807, 2.05) is 13.8 Å². The van der Waals surface area contributed by atoms with Crippen molar-refractivity contribution < 1.29 is 9.90 Å². The van der Waals surface area contributed by atoms with Crippen LogP contribution in [0.15, 0.2) is 12.7 Å². The Morgan fingerprint density at radius 3 is 2.62 bits per heavy atom. The van der Waals surface area contributed by atoms with Gasteiger partial charge >= 0.3 is 0 Å². The molecule has 76 valence electrons. The zero-order chi connectivity index (χ0) is 10.5. The molecule has 0 saturated heterocycles. The highest BCUT2D eigenvalue weighted by Gasteiger charge is 2.19. The molecule has 3 nitrogen and oxygen atoms in total. The Labute approximate surface area is 79.8 Å². The molecule has 0 aromatic carbocycles. The number of rotatable bonds is 6. The van der Waals surface area contributed by atoms with Crippen molar-refractivity contribution in [2.75, 3.05) is 6.54 Å². The van der Waals surface area contributed by atoms with Gasteiger partial charge in [0.25, 0.3) is 0 Å². The second-order valence-electron chi connectivity index (χ2n) is 3.95. The molecule has 0 aromatic heterocycles. The minimum Gasteiger partial charge on any atom is -0.388 e. The minimum absolute atomic E-state index is 0.144. The van der Waals surface area contributed by atoms with Crippen LogP contribution in [-0.4, -0.2) is 29.1 Å². The van der Waals surface area contributed by atoms with Crippen molar-refractivity contribution in [3.63, 3.8) is 0 Å². The van der Waals surface area contributed by atoms with Gasteiger partial charge in [-0.3, -0.25) is 4.79 Å². The van der Waals surface area contributed by atoms with E-state index in [9.17, 15) is 9.90 Å². The molecule has 2 N–H and O–H groups in total.